The molecule has 122 valence electrons. The van der Waals surface area contributed by atoms with Gasteiger partial charge in [0.15, 0.2) is 5.16 Å². The Balaban J connectivity index is 1.98. The van der Waals surface area contributed by atoms with Crippen molar-refractivity contribution in [2.24, 2.45) is 0 Å². The number of hydrogen-bond donors (Lipinski definition) is 0. The maximum absolute atomic E-state index is 12.7. The third-order valence-electron chi connectivity index (χ3n) is 4.29. The fourth-order valence-corrected chi connectivity index (χ4v) is 4.30. The summed E-state index contributed by atoms with van der Waals surface area (Å²) in [6, 6.07) is 7.40. The van der Waals surface area contributed by atoms with Crippen LogP contribution in [0.1, 0.15) is 19.3 Å². The van der Waals surface area contributed by atoms with Crippen LogP contribution in [0.5, 0.6) is 0 Å². The maximum Gasteiger partial charge on any atom is 0.263 e. The summed E-state index contributed by atoms with van der Waals surface area (Å²) in [7, 11) is 0. The average molecular weight is 340 g/mol. The van der Waals surface area contributed by atoms with E-state index in [0.29, 0.717) is 29.3 Å². The van der Waals surface area contributed by atoms with Gasteiger partial charge in [0, 0.05) is 13.0 Å². The average Bonchev–Trinajstić information content (AvgIpc) is 3.19. The molecular formula is C17H16N4O2S. The minimum Gasteiger partial charge on any atom is -0.298 e. The van der Waals surface area contributed by atoms with Gasteiger partial charge in [-0.05, 0) is 25.0 Å². The lowest BCUT2D eigenvalue weighted by Gasteiger charge is -2.10. The number of hydrogen-bond acceptors (Lipinski definition) is 5. The number of thioether (sulfide) groups is 1. The van der Waals surface area contributed by atoms with Crippen molar-refractivity contribution in [2.75, 3.05) is 0 Å². The first-order valence-electron chi connectivity index (χ1n) is 7.87. The molecule has 3 aromatic rings. The van der Waals surface area contributed by atoms with E-state index in [9.17, 15) is 9.59 Å². The Kier molecular flexibility index (Phi) is 3.72. The van der Waals surface area contributed by atoms with Crippen LogP contribution >= 0.6 is 11.8 Å². The number of para-hydroxylation sites is 1. The molecule has 0 amide bonds. The molecule has 0 radical (unpaired) electrons. The van der Waals surface area contributed by atoms with Gasteiger partial charge in [-0.15, -0.1) is 16.8 Å². The molecule has 0 N–H and O–H groups in total. The van der Waals surface area contributed by atoms with Gasteiger partial charge >= 0.3 is 0 Å². The zero-order valence-electron chi connectivity index (χ0n) is 13.0. The van der Waals surface area contributed by atoms with Crippen LogP contribution in [-0.2, 0) is 11.3 Å². The smallest absolute Gasteiger partial charge is 0.263 e. The van der Waals surface area contributed by atoms with E-state index < -0.39 is 0 Å². The summed E-state index contributed by atoms with van der Waals surface area (Å²) in [5.41, 5.74) is 0.648. The van der Waals surface area contributed by atoms with Crippen molar-refractivity contribution in [3.8, 4) is 0 Å². The predicted octanol–water partition coefficient (Wildman–Crippen LogP) is 2.44. The summed E-state index contributed by atoms with van der Waals surface area (Å²) in [5, 5.41) is 9.65. The van der Waals surface area contributed by atoms with E-state index in [2.05, 4.69) is 16.8 Å². The fourth-order valence-electron chi connectivity index (χ4n) is 3.14. The van der Waals surface area contributed by atoms with Crippen LogP contribution in [0.3, 0.4) is 0 Å². The van der Waals surface area contributed by atoms with E-state index in [4.69, 9.17) is 0 Å². The van der Waals surface area contributed by atoms with E-state index in [1.165, 1.54) is 11.8 Å². The highest BCUT2D eigenvalue weighted by atomic mass is 32.2. The number of allylic oxidation sites excluding steroid dienone is 1. The molecular weight excluding hydrogens is 324 g/mol. The Bertz CT molecular complexity index is 1020. The number of rotatable bonds is 4. The molecule has 0 bridgehead atoms. The van der Waals surface area contributed by atoms with Crippen molar-refractivity contribution in [1.82, 2.24) is 19.2 Å². The van der Waals surface area contributed by atoms with E-state index in [1.807, 2.05) is 22.6 Å². The zero-order chi connectivity index (χ0) is 16.7. The summed E-state index contributed by atoms with van der Waals surface area (Å²) in [6.45, 7) is 4.08. The van der Waals surface area contributed by atoms with Crippen molar-refractivity contribution < 1.29 is 4.79 Å². The molecule has 24 heavy (non-hydrogen) atoms. The Morgan fingerprint density at radius 3 is 2.88 bits per heavy atom. The van der Waals surface area contributed by atoms with Crippen LogP contribution in [0.2, 0.25) is 0 Å². The molecule has 0 spiro atoms. The van der Waals surface area contributed by atoms with Crippen LogP contribution in [0.4, 0.5) is 0 Å². The monoisotopic (exact) mass is 340 g/mol. The molecule has 7 heteroatoms. The van der Waals surface area contributed by atoms with Crippen LogP contribution in [0.15, 0.2) is 46.9 Å². The lowest BCUT2D eigenvalue weighted by atomic mass is 10.2. The summed E-state index contributed by atoms with van der Waals surface area (Å²) in [4.78, 5) is 24.7. The standard InChI is InChI=1S/C17H16N4O2S/c1-2-10-20-15(23)11-6-3-4-7-12(11)21-16(20)18-19-17(21)24-14-9-5-8-13(14)22/h2-4,6-7,14H,1,5,8-10H2/t14-/m1/s1. The van der Waals surface area contributed by atoms with Gasteiger partial charge in [0.05, 0.1) is 16.2 Å². The van der Waals surface area contributed by atoms with Crippen molar-refractivity contribution in [3.05, 3.63) is 47.3 Å². The van der Waals surface area contributed by atoms with E-state index in [0.717, 1.165) is 18.4 Å². The summed E-state index contributed by atoms with van der Waals surface area (Å²) in [6.07, 6.45) is 4.09. The maximum atomic E-state index is 12.7. The van der Waals surface area contributed by atoms with Gasteiger partial charge in [0.1, 0.15) is 5.78 Å². The highest BCUT2D eigenvalue weighted by Crippen LogP contribution is 2.32. The largest absolute Gasteiger partial charge is 0.298 e. The molecule has 1 saturated carbocycles. The first-order valence-corrected chi connectivity index (χ1v) is 8.75. The normalized spacial score (nSPS) is 17.8. The fraction of sp³-hybridized carbons (Fsp3) is 0.294. The summed E-state index contributed by atoms with van der Waals surface area (Å²) < 4.78 is 3.43. The van der Waals surface area contributed by atoms with Gasteiger partial charge in [0.2, 0.25) is 5.78 Å². The summed E-state index contributed by atoms with van der Waals surface area (Å²) in [5.74, 6) is 0.743. The molecule has 4 rings (SSSR count). The van der Waals surface area contributed by atoms with E-state index in [1.54, 1.807) is 16.7 Å². The second kappa shape index (κ2) is 5.90. The van der Waals surface area contributed by atoms with Crippen LogP contribution in [-0.4, -0.2) is 30.2 Å². The first-order chi connectivity index (χ1) is 11.7. The quantitative estimate of drug-likeness (QED) is 0.682. The third kappa shape index (κ3) is 2.27. The number of benzene rings is 1. The van der Waals surface area contributed by atoms with Crippen molar-refractivity contribution in [2.45, 2.75) is 36.2 Å². The van der Waals surface area contributed by atoms with Crippen LogP contribution < -0.4 is 5.56 Å². The minimum absolute atomic E-state index is 0.0732. The predicted molar refractivity (Wildman–Crippen MR) is 93.5 cm³/mol. The van der Waals surface area contributed by atoms with Gasteiger partial charge in [-0.1, -0.05) is 30.0 Å². The topological polar surface area (TPSA) is 69.3 Å². The van der Waals surface area contributed by atoms with Gasteiger partial charge in [-0.2, -0.15) is 0 Å². The Labute approximate surface area is 142 Å². The molecule has 0 saturated heterocycles. The molecule has 0 aliphatic heterocycles. The number of nitrogens with zero attached hydrogens (tertiary/aromatic N) is 4. The SMILES string of the molecule is C=CCn1c(=O)c2ccccc2n2c(S[C@@H]3CCCC3=O)nnc12. The second-order valence-corrected chi connectivity index (χ2v) is 6.97. The van der Waals surface area contributed by atoms with Crippen molar-refractivity contribution in [3.63, 3.8) is 0 Å². The van der Waals surface area contributed by atoms with Gasteiger partial charge < -0.3 is 0 Å². The zero-order valence-corrected chi connectivity index (χ0v) is 13.8. The number of fused-ring (bicyclic) bond motifs is 3. The minimum atomic E-state index is -0.112. The number of carbonyl (C=O) groups is 1. The van der Waals surface area contributed by atoms with Crippen molar-refractivity contribution in [1.29, 1.82) is 0 Å². The Morgan fingerprint density at radius 2 is 2.12 bits per heavy atom. The molecule has 1 aliphatic carbocycles. The first kappa shape index (κ1) is 15.1. The lowest BCUT2D eigenvalue weighted by Crippen LogP contribution is -2.23. The molecule has 1 aliphatic rings. The molecule has 1 fully saturated rings. The van der Waals surface area contributed by atoms with Crippen LogP contribution in [0.25, 0.3) is 16.7 Å². The molecule has 1 atom stereocenters. The molecule has 2 aromatic heterocycles. The third-order valence-corrected chi connectivity index (χ3v) is 5.54. The number of carbonyl (C=O) groups excluding carboxylic acids is 1. The van der Waals surface area contributed by atoms with Gasteiger partial charge in [0.25, 0.3) is 5.56 Å². The Hall–Kier alpha value is -2.41. The highest BCUT2D eigenvalue weighted by Gasteiger charge is 2.28. The van der Waals surface area contributed by atoms with E-state index in [-0.39, 0.29) is 16.6 Å². The molecule has 2 heterocycles. The molecule has 6 nitrogen and oxygen atoms in total. The van der Waals surface area contributed by atoms with E-state index >= 15 is 0 Å². The van der Waals surface area contributed by atoms with Gasteiger partial charge in [-0.3, -0.25) is 18.6 Å². The molecule has 1 aromatic carbocycles. The summed E-state index contributed by atoms with van der Waals surface area (Å²) >= 11 is 1.44. The second-order valence-electron chi connectivity index (χ2n) is 5.80. The molecule has 0 unspecified atom stereocenters. The van der Waals surface area contributed by atoms with Gasteiger partial charge in [-0.25, -0.2) is 0 Å². The number of ketones is 1. The Morgan fingerprint density at radius 1 is 1.29 bits per heavy atom. The number of aromatic nitrogens is 4. The highest BCUT2D eigenvalue weighted by molar-refractivity contribution is 8.00. The van der Waals surface area contributed by atoms with Crippen LogP contribution in [0, 0.1) is 0 Å². The number of Topliss-reactive ketones (excluding diaryl/α,β-unsaturated/α-hetero) is 1. The lowest BCUT2D eigenvalue weighted by molar-refractivity contribution is -0.116. The van der Waals surface area contributed by atoms with Crippen molar-refractivity contribution >= 4 is 34.2 Å².